The summed E-state index contributed by atoms with van der Waals surface area (Å²) in [4.78, 5) is 17.8. The van der Waals surface area contributed by atoms with Gasteiger partial charge in [-0.2, -0.15) is 0 Å². The van der Waals surface area contributed by atoms with E-state index in [2.05, 4.69) is 16.8 Å². The third kappa shape index (κ3) is 2.70. The van der Waals surface area contributed by atoms with Crippen LogP contribution < -0.4 is 10.6 Å². The molecule has 5 nitrogen and oxygen atoms in total. The monoisotopic (exact) mass is 337 g/mol. The number of hydrogen-bond acceptors (Lipinski definition) is 4. The van der Waals surface area contributed by atoms with Gasteiger partial charge in [0.15, 0.2) is 0 Å². The second kappa shape index (κ2) is 6.29. The lowest BCUT2D eigenvalue weighted by Gasteiger charge is -2.57. The number of primary amides is 1. The zero-order valence-electron chi connectivity index (χ0n) is 13.7. The molecule has 0 aromatic carbocycles. The van der Waals surface area contributed by atoms with Gasteiger partial charge in [0, 0.05) is 31.3 Å². The number of pyridine rings is 1. The van der Waals surface area contributed by atoms with Crippen LogP contribution in [-0.2, 0) is 4.74 Å². The summed E-state index contributed by atoms with van der Waals surface area (Å²) in [7, 11) is 2.03. The molecule has 1 spiro atoms. The summed E-state index contributed by atoms with van der Waals surface area (Å²) in [5.41, 5.74) is 5.84. The number of nitrogens with zero attached hydrogens (tertiary/aromatic N) is 2. The van der Waals surface area contributed by atoms with Crippen LogP contribution in [0.3, 0.4) is 0 Å². The molecule has 1 heterocycles. The van der Waals surface area contributed by atoms with Crippen molar-refractivity contribution in [2.45, 2.75) is 51.2 Å². The number of hydrogen-bond donors (Lipinski definition) is 1. The molecule has 2 atom stereocenters. The summed E-state index contributed by atoms with van der Waals surface area (Å²) in [6.07, 6.45) is 7.75. The van der Waals surface area contributed by atoms with E-state index in [0.29, 0.717) is 28.5 Å². The highest BCUT2D eigenvalue weighted by Gasteiger charge is 2.58. The molecule has 126 valence electrons. The molecule has 0 saturated heterocycles. The summed E-state index contributed by atoms with van der Waals surface area (Å²) < 4.78 is 5.97. The molecule has 0 aliphatic heterocycles. The van der Waals surface area contributed by atoms with Crippen LogP contribution in [0, 0.1) is 5.41 Å². The van der Waals surface area contributed by atoms with Crippen LogP contribution in [-0.4, -0.2) is 36.7 Å². The number of amides is 1. The highest BCUT2D eigenvalue weighted by Crippen LogP contribution is 2.57. The van der Waals surface area contributed by atoms with E-state index in [1.165, 1.54) is 31.9 Å². The highest BCUT2D eigenvalue weighted by atomic mass is 35.5. The zero-order chi connectivity index (χ0) is 16.6. The number of rotatable bonds is 5. The van der Waals surface area contributed by atoms with Crippen molar-refractivity contribution in [2.75, 3.05) is 18.6 Å². The number of aromatic nitrogens is 1. The van der Waals surface area contributed by atoms with Crippen LogP contribution in [0.5, 0.6) is 0 Å². The molecule has 0 bridgehead atoms. The molecule has 6 heteroatoms. The molecule has 2 fully saturated rings. The molecule has 1 aromatic rings. The molecular formula is C17H24ClN3O2. The SMILES string of the molecule is CCOC1CC(N(C)c2ncc(C(N)=O)cc2Cl)C12CCCC2. The Morgan fingerprint density at radius 1 is 1.52 bits per heavy atom. The van der Waals surface area contributed by atoms with Crippen LogP contribution >= 0.6 is 11.6 Å². The lowest BCUT2D eigenvalue weighted by molar-refractivity contribution is -0.121. The second-order valence-electron chi connectivity index (χ2n) is 6.64. The molecule has 2 N–H and O–H groups in total. The zero-order valence-corrected chi connectivity index (χ0v) is 14.5. The fraction of sp³-hybridized carbons (Fsp3) is 0.647. The van der Waals surface area contributed by atoms with Gasteiger partial charge < -0.3 is 15.4 Å². The van der Waals surface area contributed by atoms with E-state index < -0.39 is 5.91 Å². The number of nitrogens with two attached hydrogens (primary N) is 1. The number of ether oxygens (including phenoxy) is 1. The van der Waals surface area contributed by atoms with Gasteiger partial charge in [0.2, 0.25) is 5.91 Å². The van der Waals surface area contributed by atoms with Crippen molar-refractivity contribution in [3.8, 4) is 0 Å². The Kier molecular flexibility index (Phi) is 4.52. The maximum atomic E-state index is 11.2. The largest absolute Gasteiger partial charge is 0.378 e. The minimum Gasteiger partial charge on any atom is -0.378 e. The maximum Gasteiger partial charge on any atom is 0.250 e. The van der Waals surface area contributed by atoms with Crippen molar-refractivity contribution < 1.29 is 9.53 Å². The molecule has 0 radical (unpaired) electrons. The van der Waals surface area contributed by atoms with Gasteiger partial charge in [-0.15, -0.1) is 0 Å². The van der Waals surface area contributed by atoms with E-state index in [1.54, 1.807) is 6.07 Å². The fourth-order valence-electron chi connectivity index (χ4n) is 4.37. The summed E-state index contributed by atoms with van der Waals surface area (Å²) in [6.45, 7) is 2.82. The van der Waals surface area contributed by atoms with E-state index in [4.69, 9.17) is 22.1 Å². The van der Waals surface area contributed by atoms with Crippen molar-refractivity contribution in [1.29, 1.82) is 0 Å². The van der Waals surface area contributed by atoms with E-state index in [0.717, 1.165) is 13.0 Å². The average Bonchev–Trinajstić information content (AvgIpc) is 3.03. The topological polar surface area (TPSA) is 68.4 Å². The first kappa shape index (κ1) is 16.5. The van der Waals surface area contributed by atoms with Crippen LogP contribution in [0.15, 0.2) is 12.3 Å². The highest BCUT2D eigenvalue weighted by molar-refractivity contribution is 6.33. The van der Waals surface area contributed by atoms with Crippen LogP contribution in [0.1, 0.15) is 49.4 Å². The van der Waals surface area contributed by atoms with Gasteiger partial charge in [0.25, 0.3) is 0 Å². The number of halogens is 1. The molecular weight excluding hydrogens is 314 g/mol. The third-order valence-corrected chi connectivity index (χ3v) is 5.83. The van der Waals surface area contributed by atoms with Crippen LogP contribution in [0.4, 0.5) is 5.82 Å². The number of anilines is 1. The molecule has 2 aliphatic rings. The van der Waals surface area contributed by atoms with Gasteiger partial charge in [-0.1, -0.05) is 24.4 Å². The van der Waals surface area contributed by atoms with Gasteiger partial charge in [0.1, 0.15) is 5.82 Å². The third-order valence-electron chi connectivity index (χ3n) is 5.55. The Morgan fingerprint density at radius 2 is 2.22 bits per heavy atom. The molecule has 1 amide bonds. The minimum absolute atomic E-state index is 0.220. The number of carbonyl (C=O) groups is 1. The van der Waals surface area contributed by atoms with Crippen molar-refractivity contribution >= 4 is 23.3 Å². The van der Waals surface area contributed by atoms with Gasteiger partial charge in [-0.05, 0) is 32.3 Å². The second-order valence-corrected chi connectivity index (χ2v) is 7.05. The lowest BCUT2D eigenvalue weighted by atomic mass is 9.60. The van der Waals surface area contributed by atoms with Crippen molar-refractivity contribution in [2.24, 2.45) is 11.1 Å². The van der Waals surface area contributed by atoms with Gasteiger partial charge in [0.05, 0.1) is 16.7 Å². The predicted octanol–water partition coefficient (Wildman–Crippen LogP) is 3.01. The molecule has 1 aromatic heterocycles. The number of carbonyl (C=O) groups excluding carboxylic acids is 1. The molecule has 2 unspecified atom stereocenters. The summed E-state index contributed by atoms with van der Waals surface area (Å²) in [5.74, 6) is 0.198. The van der Waals surface area contributed by atoms with Crippen molar-refractivity contribution in [3.63, 3.8) is 0 Å². The standard InChI is InChI=1S/C17H24ClN3O2/c1-3-23-14-9-13(17(14)6-4-5-7-17)21(2)16-12(18)8-11(10-20-16)15(19)22/h8,10,13-14H,3-7,9H2,1-2H3,(H2,19,22). The van der Waals surface area contributed by atoms with E-state index >= 15 is 0 Å². The van der Waals surface area contributed by atoms with E-state index in [1.807, 2.05) is 7.05 Å². The summed E-state index contributed by atoms with van der Waals surface area (Å²) in [6, 6.07) is 1.98. The smallest absolute Gasteiger partial charge is 0.250 e. The molecule has 23 heavy (non-hydrogen) atoms. The first-order valence-corrected chi connectivity index (χ1v) is 8.67. The average molecular weight is 338 g/mol. The minimum atomic E-state index is -0.513. The summed E-state index contributed by atoms with van der Waals surface area (Å²) in [5, 5.41) is 0.469. The fourth-order valence-corrected chi connectivity index (χ4v) is 4.67. The van der Waals surface area contributed by atoms with E-state index in [9.17, 15) is 4.79 Å². The van der Waals surface area contributed by atoms with Crippen LogP contribution in [0.25, 0.3) is 0 Å². The molecule has 2 aliphatic carbocycles. The Bertz CT molecular complexity index is 602. The Hall–Kier alpha value is -1.33. The van der Waals surface area contributed by atoms with Crippen LogP contribution in [0.2, 0.25) is 5.02 Å². The normalized spacial score (nSPS) is 25.3. The Labute approximate surface area is 142 Å². The van der Waals surface area contributed by atoms with Gasteiger partial charge in [-0.25, -0.2) is 4.98 Å². The van der Waals surface area contributed by atoms with Gasteiger partial charge in [-0.3, -0.25) is 4.79 Å². The quantitative estimate of drug-likeness (QED) is 0.896. The molecule has 3 rings (SSSR count). The maximum absolute atomic E-state index is 11.2. The Balaban J connectivity index is 1.83. The molecule has 2 saturated carbocycles. The van der Waals surface area contributed by atoms with E-state index in [-0.39, 0.29) is 5.41 Å². The van der Waals surface area contributed by atoms with Crippen molar-refractivity contribution in [1.82, 2.24) is 4.98 Å². The first-order valence-electron chi connectivity index (χ1n) is 8.29. The summed E-state index contributed by atoms with van der Waals surface area (Å²) >= 11 is 6.34. The first-order chi connectivity index (χ1) is 11.0. The Morgan fingerprint density at radius 3 is 2.78 bits per heavy atom. The van der Waals surface area contributed by atoms with Gasteiger partial charge >= 0.3 is 0 Å². The van der Waals surface area contributed by atoms with Crippen molar-refractivity contribution in [3.05, 3.63) is 22.8 Å². The predicted molar refractivity (Wildman–Crippen MR) is 90.9 cm³/mol. The lowest BCUT2D eigenvalue weighted by Crippen LogP contribution is -2.63.